The Morgan fingerprint density at radius 2 is 1.94 bits per heavy atom. The van der Waals surface area contributed by atoms with Gasteiger partial charge in [-0.2, -0.15) is 11.3 Å². The number of rotatable bonds is 3. The summed E-state index contributed by atoms with van der Waals surface area (Å²) >= 11 is 1.36. The summed E-state index contributed by atoms with van der Waals surface area (Å²) in [6.07, 6.45) is 0. The highest BCUT2D eigenvalue weighted by atomic mass is 32.2. The van der Waals surface area contributed by atoms with Gasteiger partial charge in [0.25, 0.3) is 10.0 Å². The standard InChI is InChI=1S/C10H8FNO2S2/c11-9-3-1-2-4-10(9)16(13,14)12-8-5-6-15-7-8/h1-7,12H. The molecule has 1 heterocycles. The van der Waals surface area contributed by atoms with E-state index in [-0.39, 0.29) is 4.90 Å². The van der Waals surface area contributed by atoms with Gasteiger partial charge in [0.15, 0.2) is 0 Å². The monoisotopic (exact) mass is 257 g/mol. The molecule has 0 bridgehead atoms. The lowest BCUT2D eigenvalue weighted by Crippen LogP contribution is -2.13. The lowest BCUT2D eigenvalue weighted by molar-refractivity contribution is 0.570. The number of benzene rings is 1. The number of nitrogens with one attached hydrogen (secondary N) is 1. The first kappa shape index (κ1) is 11.1. The highest BCUT2D eigenvalue weighted by Crippen LogP contribution is 2.19. The van der Waals surface area contributed by atoms with Gasteiger partial charge in [0.2, 0.25) is 0 Å². The summed E-state index contributed by atoms with van der Waals surface area (Å²) in [4.78, 5) is -0.346. The van der Waals surface area contributed by atoms with Crippen LogP contribution in [0.1, 0.15) is 0 Å². The van der Waals surface area contributed by atoms with E-state index in [4.69, 9.17) is 0 Å². The smallest absolute Gasteiger partial charge is 0.264 e. The average Bonchev–Trinajstić information content (AvgIpc) is 2.70. The van der Waals surface area contributed by atoms with Crippen LogP contribution in [0, 0.1) is 5.82 Å². The summed E-state index contributed by atoms with van der Waals surface area (Å²) in [7, 11) is -3.83. The third-order valence-corrected chi connectivity index (χ3v) is 4.00. The molecule has 0 fully saturated rings. The molecule has 2 rings (SSSR count). The molecule has 1 N–H and O–H groups in total. The third-order valence-electron chi connectivity index (χ3n) is 1.90. The first-order valence-corrected chi connectivity index (χ1v) is 6.82. The van der Waals surface area contributed by atoms with Gasteiger partial charge < -0.3 is 0 Å². The maximum absolute atomic E-state index is 13.3. The maximum atomic E-state index is 13.3. The predicted octanol–water partition coefficient (Wildman–Crippen LogP) is 2.69. The van der Waals surface area contributed by atoms with E-state index in [9.17, 15) is 12.8 Å². The molecule has 16 heavy (non-hydrogen) atoms. The highest BCUT2D eigenvalue weighted by Gasteiger charge is 2.18. The third kappa shape index (κ3) is 2.23. The quantitative estimate of drug-likeness (QED) is 0.919. The van der Waals surface area contributed by atoms with Crippen LogP contribution in [0.4, 0.5) is 10.1 Å². The van der Waals surface area contributed by atoms with Crippen LogP contribution in [-0.4, -0.2) is 8.42 Å². The van der Waals surface area contributed by atoms with Crippen molar-refractivity contribution in [2.24, 2.45) is 0 Å². The zero-order valence-electron chi connectivity index (χ0n) is 8.05. The fourth-order valence-corrected chi connectivity index (χ4v) is 2.99. The van der Waals surface area contributed by atoms with E-state index < -0.39 is 15.8 Å². The van der Waals surface area contributed by atoms with Crippen LogP contribution in [-0.2, 0) is 10.0 Å². The Labute approximate surface area is 96.6 Å². The van der Waals surface area contributed by atoms with Gasteiger partial charge >= 0.3 is 0 Å². The summed E-state index contributed by atoms with van der Waals surface area (Å²) in [5.74, 6) is -0.759. The minimum atomic E-state index is -3.83. The first-order chi connectivity index (χ1) is 7.59. The summed E-state index contributed by atoms with van der Waals surface area (Å²) < 4.78 is 39.1. The van der Waals surface area contributed by atoms with Crippen molar-refractivity contribution >= 4 is 27.0 Å². The van der Waals surface area contributed by atoms with E-state index in [1.165, 1.54) is 29.5 Å². The predicted molar refractivity (Wildman–Crippen MR) is 61.5 cm³/mol. The molecule has 1 aromatic carbocycles. The van der Waals surface area contributed by atoms with Gasteiger partial charge in [0, 0.05) is 5.38 Å². The van der Waals surface area contributed by atoms with E-state index in [1.54, 1.807) is 16.8 Å². The van der Waals surface area contributed by atoms with E-state index >= 15 is 0 Å². The molecule has 0 aliphatic carbocycles. The van der Waals surface area contributed by atoms with Gasteiger partial charge in [-0.1, -0.05) is 12.1 Å². The van der Waals surface area contributed by atoms with Crippen LogP contribution in [0.5, 0.6) is 0 Å². The number of hydrogen-bond acceptors (Lipinski definition) is 3. The zero-order valence-corrected chi connectivity index (χ0v) is 9.69. The minimum Gasteiger partial charge on any atom is -0.279 e. The normalized spacial score (nSPS) is 11.3. The van der Waals surface area contributed by atoms with Gasteiger partial charge in [-0.15, -0.1) is 0 Å². The Balaban J connectivity index is 2.37. The lowest BCUT2D eigenvalue weighted by atomic mass is 10.4. The van der Waals surface area contributed by atoms with Crippen molar-refractivity contribution < 1.29 is 12.8 Å². The first-order valence-electron chi connectivity index (χ1n) is 4.39. The van der Waals surface area contributed by atoms with Crippen molar-refractivity contribution in [3.05, 3.63) is 46.9 Å². The Morgan fingerprint density at radius 1 is 1.19 bits per heavy atom. The molecule has 1 aromatic heterocycles. The largest absolute Gasteiger partial charge is 0.279 e. The Morgan fingerprint density at radius 3 is 2.56 bits per heavy atom. The highest BCUT2D eigenvalue weighted by molar-refractivity contribution is 7.92. The summed E-state index contributed by atoms with van der Waals surface area (Å²) in [5, 5.41) is 3.37. The molecule has 0 saturated carbocycles. The van der Waals surface area contributed by atoms with Crippen LogP contribution < -0.4 is 4.72 Å². The second-order valence-corrected chi connectivity index (χ2v) is 5.48. The Bertz CT molecular complexity index is 579. The average molecular weight is 257 g/mol. The second-order valence-electron chi connectivity index (χ2n) is 3.05. The summed E-state index contributed by atoms with van der Waals surface area (Å²) in [6.45, 7) is 0. The molecule has 0 radical (unpaired) electrons. The van der Waals surface area contributed by atoms with Gasteiger partial charge in [0.1, 0.15) is 10.7 Å². The summed E-state index contributed by atoms with van der Waals surface area (Å²) in [6, 6.07) is 6.87. The van der Waals surface area contributed by atoms with Gasteiger partial charge in [-0.3, -0.25) is 4.72 Å². The van der Waals surface area contributed by atoms with Crippen LogP contribution >= 0.6 is 11.3 Å². The molecule has 0 amide bonds. The molecule has 6 heteroatoms. The van der Waals surface area contributed by atoms with Crippen LogP contribution in [0.25, 0.3) is 0 Å². The van der Waals surface area contributed by atoms with Crippen molar-refractivity contribution in [1.82, 2.24) is 0 Å². The van der Waals surface area contributed by atoms with Crippen molar-refractivity contribution in [2.75, 3.05) is 4.72 Å². The van der Waals surface area contributed by atoms with Gasteiger partial charge in [0.05, 0.1) is 5.69 Å². The molecule has 84 valence electrons. The molecule has 0 unspecified atom stereocenters. The number of anilines is 1. The molecule has 0 aliphatic heterocycles. The van der Waals surface area contributed by atoms with Crippen molar-refractivity contribution in [2.45, 2.75) is 4.90 Å². The topological polar surface area (TPSA) is 46.2 Å². The lowest BCUT2D eigenvalue weighted by Gasteiger charge is -2.06. The van der Waals surface area contributed by atoms with Crippen molar-refractivity contribution in [1.29, 1.82) is 0 Å². The van der Waals surface area contributed by atoms with Crippen LogP contribution in [0.15, 0.2) is 46.0 Å². The van der Waals surface area contributed by atoms with Crippen molar-refractivity contribution in [3.63, 3.8) is 0 Å². The SMILES string of the molecule is O=S(=O)(Nc1ccsc1)c1ccccc1F. The zero-order chi connectivity index (χ0) is 11.6. The van der Waals surface area contributed by atoms with E-state index in [1.807, 2.05) is 0 Å². The second kappa shape index (κ2) is 4.23. The molecule has 3 nitrogen and oxygen atoms in total. The van der Waals surface area contributed by atoms with E-state index in [0.717, 1.165) is 6.07 Å². The molecule has 0 aliphatic rings. The van der Waals surface area contributed by atoms with E-state index in [2.05, 4.69) is 4.72 Å². The number of thiophene rings is 1. The van der Waals surface area contributed by atoms with Crippen molar-refractivity contribution in [3.8, 4) is 0 Å². The number of hydrogen-bond donors (Lipinski definition) is 1. The molecular formula is C10H8FNO2S2. The molecule has 0 atom stereocenters. The van der Waals surface area contributed by atoms with Crippen LogP contribution in [0.3, 0.4) is 0 Å². The Kier molecular flexibility index (Phi) is 2.93. The number of halogens is 1. The molecular weight excluding hydrogens is 249 g/mol. The molecule has 2 aromatic rings. The molecule has 0 spiro atoms. The van der Waals surface area contributed by atoms with E-state index in [0.29, 0.717) is 5.69 Å². The Hall–Kier alpha value is -1.40. The van der Waals surface area contributed by atoms with Gasteiger partial charge in [-0.05, 0) is 23.6 Å². The minimum absolute atomic E-state index is 0.346. The van der Waals surface area contributed by atoms with Gasteiger partial charge in [-0.25, -0.2) is 12.8 Å². The number of sulfonamides is 1. The molecule has 0 saturated heterocycles. The van der Waals surface area contributed by atoms with Crippen LogP contribution in [0.2, 0.25) is 0 Å². The maximum Gasteiger partial charge on any atom is 0.264 e. The fourth-order valence-electron chi connectivity index (χ4n) is 1.20. The summed E-state index contributed by atoms with van der Waals surface area (Å²) in [5.41, 5.74) is 0.438. The fraction of sp³-hybridized carbons (Fsp3) is 0.